The molecular formula is C22H26F3N3O3. The molecule has 0 radical (unpaired) electrons. The number of aliphatic hydroxyl groups excluding tert-OH is 1. The van der Waals surface area contributed by atoms with Crippen LogP contribution in [0.5, 0.6) is 0 Å². The summed E-state index contributed by atoms with van der Waals surface area (Å²) in [5, 5.41) is 14.9. The van der Waals surface area contributed by atoms with Crippen molar-refractivity contribution in [1.29, 1.82) is 0 Å². The molecule has 0 saturated carbocycles. The van der Waals surface area contributed by atoms with Crippen molar-refractivity contribution in [3.63, 3.8) is 0 Å². The number of hydrogen-bond donors (Lipinski definition) is 3. The van der Waals surface area contributed by atoms with Crippen molar-refractivity contribution < 1.29 is 27.8 Å². The molecule has 2 aromatic rings. The predicted molar refractivity (Wildman–Crippen MR) is 110 cm³/mol. The van der Waals surface area contributed by atoms with Crippen molar-refractivity contribution in [2.45, 2.75) is 38.7 Å². The Kier molecular flexibility index (Phi) is 7.40. The quantitative estimate of drug-likeness (QED) is 0.649. The SMILES string of the molecule is CC1CN(c2ccc(CNC(=O)NCC(O)c3ccc(F)cc3F)cc2F)CC(C)O1. The van der Waals surface area contributed by atoms with Gasteiger partial charge < -0.3 is 25.4 Å². The number of urea groups is 1. The van der Waals surface area contributed by atoms with Crippen molar-refractivity contribution in [3.05, 3.63) is 65.0 Å². The number of amides is 2. The normalized spacial score (nSPS) is 19.7. The fourth-order valence-electron chi connectivity index (χ4n) is 3.61. The molecular weight excluding hydrogens is 411 g/mol. The molecule has 2 amide bonds. The van der Waals surface area contributed by atoms with Crippen molar-refractivity contribution in [2.75, 3.05) is 24.5 Å². The smallest absolute Gasteiger partial charge is 0.315 e. The third-order valence-corrected chi connectivity index (χ3v) is 5.00. The van der Waals surface area contributed by atoms with E-state index in [1.807, 2.05) is 18.7 Å². The number of carbonyl (C=O) groups excluding carboxylic acids is 1. The van der Waals surface area contributed by atoms with E-state index in [2.05, 4.69) is 10.6 Å². The summed E-state index contributed by atoms with van der Waals surface area (Å²) in [5.41, 5.74) is 0.932. The molecule has 0 aliphatic carbocycles. The Bertz CT molecular complexity index is 918. The van der Waals surface area contributed by atoms with Crippen LogP contribution in [0.25, 0.3) is 0 Å². The summed E-state index contributed by atoms with van der Waals surface area (Å²) >= 11 is 0. The lowest BCUT2D eigenvalue weighted by molar-refractivity contribution is -0.00539. The standard InChI is InChI=1S/C22H26F3N3O3/c1-13-11-28(12-14(2)31-13)20-6-3-15(7-19(20)25)9-26-22(30)27-10-21(29)17-5-4-16(23)8-18(17)24/h3-8,13-14,21,29H,9-12H2,1-2H3,(H2,26,27,30). The van der Waals surface area contributed by atoms with Crippen LogP contribution in [-0.4, -0.2) is 43.0 Å². The van der Waals surface area contributed by atoms with Crippen LogP contribution in [0.15, 0.2) is 36.4 Å². The summed E-state index contributed by atoms with van der Waals surface area (Å²) in [4.78, 5) is 13.9. The van der Waals surface area contributed by atoms with E-state index >= 15 is 0 Å². The largest absolute Gasteiger partial charge is 0.386 e. The van der Waals surface area contributed by atoms with Gasteiger partial charge in [0.15, 0.2) is 0 Å². The zero-order valence-corrected chi connectivity index (χ0v) is 17.4. The highest BCUT2D eigenvalue weighted by Gasteiger charge is 2.24. The van der Waals surface area contributed by atoms with E-state index in [-0.39, 0.29) is 36.7 Å². The van der Waals surface area contributed by atoms with E-state index in [0.29, 0.717) is 30.4 Å². The summed E-state index contributed by atoms with van der Waals surface area (Å²) in [6.45, 7) is 4.88. The van der Waals surface area contributed by atoms with Crippen molar-refractivity contribution in [3.8, 4) is 0 Å². The highest BCUT2D eigenvalue weighted by Crippen LogP contribution is 2.24. The molecule has 0 spiro atoms. The molecule has 1 aliphatic rings. The molecule has 1 saturated heterocycles. The molecule has 0 aromatic heterocycles. The minimum atomic E-state index is -1.33. The van der Waals surface area contributed by atoms with Gasteiger partial charge in [0, 0.05) is 37.8 Å². The monoisotopic (exact) mass is 437 g/mol. The Balaban J connectivity index is 1.50. The summed E-state index contributed by atoms with van der Waals surface area (Å²) in [5.74, 6) is -2.03. The first-order valence-electron chi connectivity index (χ1n) is 10.1. The Morgan fingerprint density at radius 2 is 1.81 bits per heavy atom. The van der Waals surface area contributed by atoms with E-state index in [1.165, 1.54) is 6.07 Å². The zero-order valence-electron chi connectivity index (χ0n) is 17.4. The minimum Gasteiger partial charge on any atom is -0.386 e. The number of anilines is 1. The summed E-state index contributed by atoms with van der Waals surface area (Å²) in [7, 11) is 0. The first-order valence-corrected chi connectivity index (χ1v) is 10.1. The predicted octanol–water partition coefficient (Wildman–Crippen LogP) is 3.25. The van der Waals surface area contributed by atoms with E-state index in [9.17, 15) is 23.1 Å². The highest BCUT2D eigenvalue weighted by atomic mass is 19.1. The van der Waals surface area contributed by atoms with Crippen molar-refractivity contribution in [2.24, 2.45) is 0 Å². The van der Waals surface area contributed by atoms with Crippen LogP contribution >= 0.6 is 0 Å². The molecule has 3 unspecified atom stereocenters. The molecule has 2 aromatic carbocycles. The summed E-state index contributed by atoms with van der Waals surface area (Å²) < 4.78 is 46.9. The topological polar surface area (TPSA) is 73.8 Å². The number of carbonyl (C=O) groups is 1. The van der Waals surface area contributed by atoms with Gasteiger partial charge in [-0.25, -0.2) is 18.0 Å². The first-order chi connectivity index (χ1) is 14.7. The molecule has 3 rings (SSSR count). The van der Waals surface area contributed by atoms with Gasteiger partial charge in [-0.15, -0.1) is 0 Å². The van der Waals surface area contributed by atoms with Crippen molar-refractivity contribution >= 4 is 11.7 Å². The lowest BCUT2D eigenvalue weighted by Crippen LogP contribution is -2.45. The van der Waals surface area contributed by atoms with E-state index in [1.54, 1.807) is 12.1 Å². The van der Waals surface area contributed by atoms with Crippen LogP contribution in [0, 0.1) is 17.5 Å². The summed E-state index contributed by atoms with van der Waals surface area (Å²) in [6.07, 6.45) is -1.32. The third kappa shape index (κ3) is 6.11. The van der Waals surface area contributed by atoms with Gasteiger partial charge in [0.05, 0.1) is 24.0 Å². The maximum atomic E-state index is 14.6. The maximum Gasteiger partial charge on any atom is 0.315 e. The molecule has 1 heterocycles. The van der Waals surface area contributed by atoms with Gasteiger partial charge in [0.1, 0.15) is 17.5 Å². The van der Waals surface area contributed by atoms with Gasteiger partial charge in [-0.2, -0.15) is 0 Å². The van der Waals surface area contributed by atoms with E-state index in [0.717, 1.165) is 12.1 Å². The number of rotatable bonds is 6. The number of hydrogen-bond acceptors (Lipinski definition) is 4. The second-order valence-electron chi connectivity index (χ2n) is 7.69. The number of nitrogens with zero attached hydrogens (tertiary/aromatic N) is 1. The molecule has 9 heteroatoms. The second-order valence-corrected chi connectivity index (χ2v) is 7.69. The van der Waals surface area contributed by atoms with Crippen molar-refractivity contribution in [1.82, 2.24) is 10.6 Å². The number of ether oxygens (including phenoxy) is 1. The van der Waals surface area contributed by atoms with Gasteiger partial charge in [0.25, 0.3) is 0 Å². The van der Waals surface area contributed by atoms with Crippen LogP contribution < -0.4 is 15.5 Å². The molecule has 6 nitrogen and oxygen atoms in total. The Morgan fingerprint density at radius 1 is 1.10 bits per heavy atom. The summed E-state index contributed by atoms with van der Waals surface area (Å²) in [6, 6.07) is 6.97. The lowest BCUT2D eigenvalue weighted by atomic mass is 10.1. The fraction of sp³-hybridized carbons (Fsp3) is 0.409. The number of halogens is 3. The van der Waals surface area contributed by atoms with Gasteiger partial charge in [-0.1, -0.05) is 12.1 Å². The van der Waals surface area contributed by atoms with Gasteiger partial charge in [-0.05, 0) is 37.6 Å². The number of morpholine rings is 1. The Hall–Kier alpha value is -2.78. The molecule has 1 fully saturated rings. The van der Waals surface area contributed by atoms with E-state index < -0.39 is 23.8 Å². The van der Waals surface area contributed by atoms with Gasteiger partial charge in [0.2, 0.25) is 0 Å². The highest BCUT2D eigenvalue weighted by molar-refractivity contribution is 5.73. The Labute approximate surface area is 179 Å². The molecule has 168 valence electrons. The van der Waals surface area contributed by atoms with Crippen LogP contribution in [0.1, 0.15) is 31.1 Å². The maximum absolute atomic E-state index is 14.6. The molecule has 3 atom stereocenters. The van der Waals surface area contributed by atoms with Crippen LogP contribution in [0.4, 0.5) is 23.7 Å². The van der Waals surface area contributed by atoms with E-state index in [4.69, 9.17) is 4.74 Å². The van der Waals surface area contributed by atoms with Crippen LogP contribution in [0.2, 0.25) is 0 Å². The van der Waals surface area contributed by atoms with Crippen LogP contribution in [-0.2, 0) is 11.3 Å². The minimum absolute atomic E-state index is 0.00641. The third-order valence-electron chi connectivity index (χ3n) is 5.00. The fourth-order valence-corrected chi connectivity index (χ4v) is 3.61. The molecule has 1 aliphatic heterocycles. The average molecular weight is 437 g/mol. The lowest BCUT2D eigenvalue weighted by Gasteiger charge is -2.37. The zero-order chi connectivity index (χ0) is 22.5. The second kappa shape index (κ2) is 10.0. The molecule has 0 bridgehead atoms. The number of aliphatic hydroxyl groups is 1. The number of nitrogens with one attached hydrogen (secondary N) is 2. The molecule has 31 heavy (non-hydrogen) atoms. The Morgan fingerprint density at radius 3 is 2.45 bits per heavy atom. The van der Waals surface area contributed by atoms with Gasteiger partial charge in [-0.3, -0.25) is 0 Å². The van der Waals surface area contributed by atoms with Crippen LogP contribution in [0.3, 0.4) is 0 Å². The molecule has 3 N–H and O–H groups in total. The first kappa shape index (κ1) is 22.9. The number of benzene rings is 2. The van der Waals surface area contributed by atoms with Gasteiger partial charge >= 0.3 is 6.03 Å². The average Bonchev–Trinajstić information content (AvgIpc) is 2.69.